The number of benzene rings is 3. The second-order valence-corrected chi connectivity index (χ2v) is 9.74. The van der Waals surface area contributed by atoms with Crippen LogP contribution in [0.15, 0.2) is 53.4 Å². The molecule has 0 radical (unpaired) electrons. The summed E-state index contributed by atoms with van der Waals surface area (Å²) in [6, 6.07) is 14.2. The molecule has 0 aromatic heterocycles. The Morgan fingerprint density at radius 3 is 2.48 bits per heavy atom. The number of amides is 1. The molecule has 0 fully saturated rings. The molecule has 0 bridgehead atoms. The number of hydrogen-bond donors (Lipinski definition) is 2. The van der Waals surface area contributed by atoms with Crippen molar-refractivity contribution in [3.8, 4) is 17.6 Å². The smallest absolute Gasteiger partial charge is 0.238 e. The monoisotopic (exact) mass is 503 g/mol. The maximum Gasteiger partial charge on any atom is 0.238 e. The zero-order valence-corrected chi connectivity index (χ0v) is 20.0. The number of nitriles is 1. The SMILES string of the molecule is Cc1cc(CC(=O)Nc2ccc(S(N)(=O)=O)cc2Cl)cc(Oc2cc(Cl)cc(C#N)c2)c1C. The molecule has 0 aliphatic carbocycles. The molecule has 7 nitrogen and oxygen atoms in total. The fourth-order valence-electron chi connectivity index (χ4n) is 3.07. The number of nitrogens with two attached hydrogens (primary N) is 1. The van der Waals surface area contributed by atoms with Gasteiger partial charge in [0.15, 0.2) is 0 Å². The van der Waals surface area contributed by atoms with Crippen molar-refractivity contribution >= 4 is 44.8 Å². The van der Waals surface area contributed by atoms with Crippen LogP contribution >= 0.6 is 23.2 Å². The van der Waals surface area contributed by atoms with Crippen LogP contribution in [0.5, 0.6) is 11.5 Å². The lowest BCUT2D eigenvalue weighted by Gasteiger charge is -2.14. The Hall–Kier alpha value is -3.09. The number of carbonyl (C=O) groups is 1. The van der Waals surface area contributed by atoms with Crippen molar-refractivity contribution in [2.45, 2.75) is 25.2 Å². The van der Waals surface area contributed by atoms with Crippen LogP contribution in [-0.4, -0.2) is 14.3 Å². The summed E-state index contributed by atoms with van der Waals surface area (Å²) in [5.74, 6) is 0.577. The topological polar surface area (TPSA) is 122 Å². The third-order valence-electron chi connectivity index (χ3n) is 4.82. The second kappa shape index (κ2) is 9.81. The van der Waals surface area contributed by atoms with Crippen LogP contribution < -0.4 is 15.2 Å². The van der Waals surface area contributed by atoms with E-state index in [1.807, 2.05) is 26.0 Å². The molecule has 3 rings (SSSR count). The lowest BCUT2D eigenvalue weighted by Crippen LogP contribution is -2.16. The standard InChI is InChI=1S/C23H19Cl2N3O4S/c1-13-5-15(8-22(14(13)2)32-18-7-16(12-26)6-17(24)10-18)9-23(29)28-21-4-3-19(11-20(21)25)33(27,30)31/h3-8,10-11H,9H2,1-2H3,(H,28,29)(H2,27,30,31). The Bertz CT molecular complexity index is 1400. The molecular weight excluding hydrogens is 485 g/mol. The average molecular weight is 504 g/mol. The first-order valence-electron chi connectivity index (χ1n) is 9.57. The Morgan fingerprint density at radius 2 is 1.85 bits per heavy atom. The van der Waals surface area contributed by atoms with Gasteiger partial charge < -0.3 is 10.1 Å². The van der Waals surface area contributed by atoms with E-state index in [1.54, 1.807) is 18.2 Å². The van der Waals surface area contributed by atoms with Crippen LogP contribution in [0.1, 0.15) is 22.3 Å². The molecule has 10 heteroatoms. The van der Waals surface area contributed by atoms with Crippen LogP contribution in [0, 0.1) is 25.2 Å². The predicted octanol–water partition coefficient (Wildman–Crippen LogP) is 5.10. The molecule has 33 heavy (non-hydrogen) atoms. The zero-order chi connectivity index (χ0) is 24.3. The van der Waals surface area contributed by atoms with E-state index in [2.05, 4.69) is 5.32 Å². The number of carbonyl (C=O) groups excluding carboxylic acids is 1. The van der Waals surface area contributed by atoms with Gasteiger partial charge in [0.1, 0.15) is 11.5 Å². The van der Waals surface area contributed by atoms with E-state index in [0.29, 0.717) is 27.6 Å². The Labute approximate surface area is 201 Å². The first kappa shape index (κ1) is 24.6. The van der Waals surface area contributed by atoms with Gasteiger partial charge >= 0.3 is 0 Å². The highest BCUT2D eigenvalue weighted by Gasteiger charge is 2.14. The normalized spacial score (nSPS) is 11.0. The average Bonchev–Trinajstić information content (AvgIpc) is 2.71. The van der Waals surface area contributed by atoms with Crippen molar-refractivity contribution in [1.29, 1.82) is 5.26 Å². The molecule has 0 saturated carbocycles. The molecule has 0 saturated heterocycles. The molecule has 0 aliphatic rings. The lowest BCUT2D eigenvalue weighted by molar-refractivity contribution is -0.115. The van der Waals surface area contributed by atoms with Gasteiger partial charge in [-0.3, -0.25) is 4.79 Å². The zero-order valence-electron chi connectivity index (χ0n) is 17.6. The highest BCUT2D eigenvalue weighted by atomic mass is 35.5. The maximum absolute atomic E-state index is 12.6. The van der Waals surface area contributed by atoms with Gasteiger partial charge in [0.05, 0.1) is 33.7 Å². The van der Waals surface area contributed by atoms with E-state index in [1.165, 1.54) is 24.3 Å². The molecule has 3 N–H and O–H groups in total. The first-order chi connectivity index (χ1) is 15.5. The Morgan fingerprint density at radius 1 is 1.12 bits per heavy atom. The summed E-state index contributed by atoms with van der Waals surface area (Å²) >= 11 is 12.1. The summed E-state index contributed by atoms with van der Waals surface area (Å²) in [7, 11) is -3.90. The summed E-state index contributed by atoms with van der Waals surface area (Å²) < 4.78 is 28.8. The first-order valence-corrected chi connectivity index (χ1v) is 11.9. The van der Waals surface area contributed by atoms with Crippen molar-refractivity contribution < 1.29 is 17.9 Å². The van der Waals surface area contributed by atoms with Crippen molar-refractivity contribution in [2.75, 3.05) is 5.32 Å². The molecule has 0 atom stereocenters. The van der Waals surface area contributed by atoms with Gasteiger partial charge in [0.2, 0.25) is 15.9 Å². The maximum atomic E-state index is 12.6. The summed E-state index contributed by atoms with van der Waals surface area (Å²) in [4.78, 5) is 12.5. The van der Waals surface area contributed by atoms with Gasteiger partial charge in [0, 0.05) is 5.02 Å². The predicted molar refractivity (Wildman–Crippen MR) is 127 cm³/mol. The summed E-state index contributed by atoms with van der Waals surface area (Å²) in [5, 5.41) is 17.3. The molecular formula is C23H19Cl2N3O4S. The van der Waals surface area contributed by atoms with Gasteiger partial charge in [0.25, 0.3) is 0 Å². The van der Waals surface area contributed by atoms with Crippen LogP contribution in [0.2, 0.25) is 10.0 Å². The van der Waals surface area contributed by atoms with Crippen LogP contribution in [0.25, 0.3) is 0 Å². The number of primary sulfonamides is 1. The van der Waals surface area contributed by atoms with Gasteiger partial charge in [-0.1, -0.05) is 29.3 Å². The number of rotatable bonds is 6. The molecule has 3 aromatic rings. The quantitative estimate of drug-likeness (QED) is 0.484. The largest absolute Gasteiger partial charge is 0.457 e. The molecule has 0 heterocycles. The van der Waals surface area contributed by atoms with E-state index in [9.17, 15) is 13.2 Å². The summed E-state index contributed by atoms with van der Waals surface area (Å²) in [6.45, 7) is 3.78. The molecule has 0 unspecified atom stereocenters. The van der Waals surface area contributed by atoms with Crippen molar-refractivity contribution in [1.82, 2.24) is 0 Å². The van der Waals surface area contributed by atoms with E-state index in [-0.39, 0.29) is 27.9 Å². The van der Waals surface area contributed by atoms with E-state index >= 15 is 0 Å². The van der Waals surface area contributed by atoms with Crippen molar-refractivity contribution in [3.05, 3.63) is 80.8 Å². The fraction of sp³-hybridized carbons (Fsp3) is 0.130. The van der Waals surface area contributed by atoms with Crippen molar-refractivity contribution in [2.24, 2.45) is 5.14 Å². The van der Waals surface area contributed by atoms with Gasteiger partial charge in [-0.25, -0.2) is 13.6 Å². The summed E-state index contributed by atoms with van der Waals surface area (Å²) in [6.07, 6.45) is 0.0176. The third-order valence-corrected chi connectivity index (χ3v) is 6.26. The number of sulfonamides is 1. The van der Waals surface area contributed by atoms with Crippen LogP contribution in [-0.2, 0) is 21.2 Å². The van der Waals surface area contributed by atoms with Gasteiger partial charge in [-0.05, 0) is 73.0 Å². The number of nitrogens with one attached hydrogen (secondary N) is 1. The number of hydrogen-bond acceptors (Lipinski definition) is 5. The highest BCUT2D eigenvalue weighted by Crippen LogP contribution is 2.31. The van der Waals surface area contributed by atoms with Crippen LogP contribution in [0.4, 0.5) is 5.69 Å². The summed E-state index contributed by atoms with van der Waals surface area (Å²) in [5.41, 5.74) is 3.10. The molecule has 0 spiro atoms. The number of halogens is 2. The van der Waals surface area contributed by atoms with E-state index in [4.69, 9.17) is 38.3 Å². The van der Waals surface area contributed by atoms with Gasteiger partial charge in [-0.2, -0.15) is 5.26 Å². The molecule has 3 aromatic carbocycles. The number of ether oxygens (including phenoxy) is 1. The number of nitrogens with zero attached hydrogens (tertiary/aromatic N) is 1. The van der Waals surface area contributed by atoms with Crippen molar-refractivity contribution in [3.63, 3.8) is 0 Å². The molecule has 1 amide bonds. The minimum atomic E-state index is -3.90. The number of anilines is 1. The highest BCUT2D eigenvalue weighted by molar-refractivity contribution is 7.89. The molecule has 0 aliphatic heterocycles. The number of aryl methyl sites for hydroxylation is 1. The fourth-order valence-corrected chi connectivity index (χ4v) is 4.13. The second-order valence-electron chi connectivity index (χ2n) is 7.34. The van der Waals surface area contributed by atoms with Crippen LogP contribution in [0.3, 0.4) is 0 Å². The molecule has 170 valence electrons. The Kier molecular flexibility index (Phi) is 7.30. The Balaban J connectivity index is 1.81. The van der Waals surface area contributed by atoms with E-state index in [0.717, 1.165) is 11.1 Å². The van der Waals surface area contributed by atoms with Gasteiger partial charge in [-0.15, -0.1) is 0 Å². The minimum absolute atomic E-state index is 0.0176. The minimum Gasteiger partial charge on any atom is -0.457 e. The lowest BCUT2D eigenvalue weighted by atomic mass is 10.0. The van der Waals surface area contributed by atoms with E-state index < -0.39 is 10.0 Å². The third kappa shape index (κ3) is 6.24.